The maximum Gasteiger partial charge on any atom is 0.226 e. The zero-order chi connectivity index (χ0) is 18.4. The number of methoxy groups -OCH3 is 2. The van der Waals surface area contributed by atoms with Gasteiger partial charge in [-0.2, -0.15) is 0 Å². The van der Waals surface area contributed by atoms with Crippen LogP contribution in [0.5, 0.6) is 11.5 Å². The lowest BCUT2D eigenvalue weighted by Crippen LogP contribution is -2.11. The molecule has 8 heteroatoms. The second-order valence-corrected chi connectivity index (χ2v) is 6.56. The Labute approximate surface area is 155 Å². The van der Waals surface area contributed by atoms with E-state index in [0.717, 1.165) is 16.3 Å². The molecule has 0 saturated heterocycles. The van der Waals surface area contributed by atoms with Gasteiger partial charge in [0.1, 0.15) is 10.8 Å². The van der Waals surface area contributed by atoms with Gasteiger partial charge in [-0.05, 0) is 29.8 Å². The summed E-state index contributed by atoms with van der Waals surface area (Å²) in [5.74, 6) is 2.01. The molecule has 1 N–H and O–H groups in total. The maximum absolute atomic E-state index is 12.0. The number of furan rings is 1. The van der Waals surface area contributed by atoms with Crippen molar-refractivity contribution in [2.45, 2.75) is 19.3 Å². The van der Waals surface area contributed by atoms with E-state index in [9.17, 15) is 4.79 Å². The van der Waals surface area contributed by atoms with Crippen LogP contribution in [-0.2, 0) is 17.6 Å². The van der Waals surface area contributed by atoms with Crippen LogP contribution in [0.1, 0.15) is 22.8 Å². The highest BCUT2D eigenvalue weighted by molar-refractivity contribution is 7.15. The smallest absolute Gasteiger partial charge is 0.226 e. The van der Waals surface area contributed by atoms with E-state index in [2.05, 4.69) is 15.5 Å². The fourth-order valence-corrected chi connectivity index (χ4v) is 3.20. The summed E-state index contributed by atoms with van der Waals surface area (Å²) in [6.07, 6.45) is 3.08. The van der Waals surface area contributed by atoms with Crippen LogP contribution in [0, 0.1) is 0 Å². The van der Waals surface area contributed by atoms with E-state index < -0.39 is 0 Å². The molecule has 136 valence electrons. The lowest BCUT2D eigenvalue weighted by molar-refractivity contribution is -0.116. The normalized spacial score (nSPS) is 10.5. The molecule has 0 aliphatic rings. The molecule has 0 saturated carbocycles. The van der Waals surface area contributed by atoms with Crippen LogP contribution in [0.15, 0.2) is 41.0 Å². The summed E-state index contributed by atoms with van der Waals surface area (Å²) >= 11 is 1.35. The Kier molecular flexibility index (Phi) is 5.85. The number of nitrogens with zero attached hydrogens (tertiary/aromatic N) is 2. The largest absolute Gasteiger partial charge is 0.493 e. The van der Waals surface area contributed by atoms with Gasteiger partial charge in [-0.25, -0.2) is 0 Å². The summed E-state index contributed by atoms with van der Waals surface area (Å²) in [5, 5.41) is 12.2. The predicted molar refractivity (Wildman–Crippen MR) is 97.9 cm³/mol. The number of carbonyl (C=O) groups is 1. The highest BCUT2D eigenvalue weighted by atomic mass is 32.1. The number of nitrogens with one attached hydrogen (secondary N) is 1. The molecule has 0 atom stereocenters. The van der Waals surface area contributed by atoms with Crippen molar-refractivity contribution >= 4 is 22.4 Å². The molecule has 0 radical (unpaired) electrons. The van der Waals surface area contributed by atoms with Crippen LogP contribution in [0.4, 0.5) is 5.13 Å². The second kappa shape index (κ2) is 8.48. The third-order valence-corrected chi connectivity index (χ3v) is 4.53. The molecular weight excluding hydrogens is 354 g/mol. The summed E-state index contributed by atoms with van der Waals surface area (Å²) in [6, 6.07) is 9.36. The number of ether oxygens (including phenoxy) is 2. The number of hydrogen-bond acceptors (Lipinski definition) is 7. The molecule has 1 amide bonds. The van der Waals surface area contributed by atoms with Crippen LogP contribution >= 0.6 is 11.3 Å². The van der Waals surface area contributed by atoms with Crippen LogP contribution in [-0.4, -0.2) is 30.3 Å². The van der Waals surface area contributed by atoms with Crippen molar-refractivity contribution in [2.24, 2.45) is 0 Å². The van der Waals surface area contributed by atoms with Crippen molar-refractivity contribution in [3.8, 4) is 11.5 Å². The fourth-order valence-electron chi connectivity index (χ4n) is 2.41. The Balaban J connectivity index is 1.56. The molecule has 26 heavy (non-hydrogen) atoms. The molecular formula is C18H19N3O4S. The summed E-state index contributed by atoms with van der Waals surface area (Å²) in [4.78, 5) is 12.0. The number of hydrogen-bond donors (Lipinski definition) is 1. The van der Waals surface area contributed by atoms with E-state index in [-0.39, 0.29) is 5.91 Å². The van der Waals surface area contributed by atoms with Crippen LogP contribution in [0.2, 0.25) is 0 Å². The Morgan fingerprint density at radius 2 is 2.04 bits per heavy atom. The van der Waals surface area contributed by atoms with Gasteiger partial charge in [0.25, 0.3) is 0 Å². The van der Waals surface area contributed by atoms with Crippen LogP contribution < -0.4 is 14.8 Å². The molecule has 3 aromatic rings. The van der Waals surface area contributed by atoms with Crippen molar-refractivity contribution in [3.63, 3.8) is 0 Å². The molecule has 2 aromatic heterocycles. The fraction of sp³-hybridized carbons (Fsp3) is 0.278. The molecule has 0 fully saturated rings. The van der Waals surface area contributed by atoms with Gasteiger partial charge in [-0.1, -0.05) is 17.4 Å². The van der Waals surface area contributed by atoms with Crippen molar-refractivity contribution in [1.82, 2.24) is 10.2 Å². The lowest BCUT2D eigenvalue weighted by atomic mass is 10.1. The number of amides is 1. The maximum atomic E-state index is 12.0. The summed E-state index contributed by atoms with van der Waals surface area (Å²) in [5.41, 5.74) is 1.02. The summed E-state index contributed by atoms with van der Waals surface area (Å²) in [6.45, 7) is 0. The monoisotopic (exact) mass is 373 g/mol. The Morgan fingerprint density at radius 3 is 2.77 bits per heavy atom. The van der Waals surface area contributed by atoms with Gasteiger partial charge in [-0.3, -0.25) is 4.79 Å². The first kappa shape index (κ1) is 17.9. The Hall–Kier alpha value is -2.87. The average Bonchev–Trinajstić information content (AvgIpc) is 3.32. The van der Waals surface area contributed by atoms with E-state index in [1.54, 1.807) is 26.5 Å². The van der Waals surface area contributed by atoms with E-state index in [1.165, 1.54) is 11.3 Å². The quantitative estimate of drug-likeness (QED) is 0.652. The highest BCUT2D eigenvalue weighted by Gasteiger charge is 2.11. The lowest BCUT2D eigenvalue weighted by Gasteiger charge is -2.08. The van der Waals surface area contributed by atoms with Gasteiger partial charge < -0.3 is 19.2 Å². The number of carbonyl (C=O) groups excluding carboxylic acids is 1. The molecule has 0 spiro atoms. The first-order chi connectivity index (χ1) is 12.7. The highest BCUT2D eigenvalue weighted by Crippen LogP contribution is 2.29. The van der Waals surface area contributed by atoms with Gasteiger partial charge in [0.2, 0.25) is 11.0 Å². The molecule has 0 aliphatic carbocycles. The van der Waals surface area contributed by atoms with E-state index in [1.807, 2.05) is 24.3 Å². The minimum Gasteiger partial charge on any atom is -0.493 e. The van der Waals surface area contributed by atoms with Crippen molar-refractivity contribution in [2.75, 3.05) is 19.5 Å². The number of benzene rings is 1. The van der Waals surface area contributed by atoms with Crippen LogP contribution in [0.25, 0.3) is 0 Å². The number of rotatable bonds is 8. The zero-order valence-electron chi connectivity index (χ0n) is 14.5. The van der Waals surface area contributed by atoms with Crippen molar-refractivity contribution in [3.05, 3.63) is 52.9 Å². The average molecular weight is 373 g/mol. The summed E-state index contributed by atoms with van der Waals surface area (Å²) < 4.78 is 15.8. The van der Waals surface area contributed by atoms with Crippen LogP contribution in [0.3, 0.4) is 0 Å². The van der Waals surface area contributed by atoms with Gasteiger partial charge in [0, 0.05) is 19.3 Å². The van der Waals surface area contributed by atoms with E-state index >= 15 is 0 Å². The molecule has 7 nitrogen and oxygen atoms in total. The van der Waals surface area contributed by atoms with E-state index in [4.69, 9.17) is 13.9 Å². The topological polar surface area (TPSA) is 86.5 Å². The first-order valence-electron chi connectivity index (χ1n) is 8.03. The first-order valence-corrected chi connectivity index (χ1v) is 8.85. The molecule has 3 rings (SSSR count). The third kappa shape index (κ3) is 4.60. The number of aromatic nitrogens is 2. The minimum atomic E-state index is -0.116. The Bertz CT molecular complexity index is 861. The molecule has 2 heterocycles. The standard InChI is InChI=1S/C18H19N3O4S/c1-23-14-7-5-12(10-15(14)24-2)11-17-20-21-18(26-17)19-16(22)8-6-13-4-3-9-25-13/h3-5,7,9-10H,6,8,11H2,1-2H3,(H,19,21,22). The zero-order valence-corrected chi connectivity index (χ0v) is 15.3. The van der Waals surface area contributed by atoms with E-state index in [0.29, 0.717) is 35.9 Å². The number of anilines is 1. The number of aryl methyl sites for hydroxylation is 1. The summed E-state index contributed by atoms with van der Waals surface area (Å²) in [7, 11) is 3.20. The van der Waals surface area contributed by atoms with Gasteiger partial charge in [-0.15, -0.1) is 10.2 Å². The van der Waals surface area contributed by atoms with Gasteiger partial charge in [0.05, 0.1) is 20.5 Å². The Morgan fingerprint density at radius 1 is 1.19 bits per heavy atom. The predicted octanol–water partition coefficient (Wildman–Crippen LogP) is 3.31. The van der Waals surface area contributed by atoms with Crippen molar-refractivity contribution in [1.29, 1.82) is 0 Å². The second-order valence-electron chi connectivity index (χ2n) is 5.49. The van der Waals surface area contributed by atoms with Gasteiger partial charge in [0.15, 0.2) is 11.5 Å². The molecule has 0 unspecified atom stereocenters. The minimum absolute atomic E-state index is 0.116. The molecule has 1 aromatic carbocycles. The SMILES string of the molecule is COc1ccc(Cc2nnc(NC(=O)CCc3ccco3)s2)cc1OC. The molecule has 0 aliphatic heterocycles. The third-order valence-electron chi connectivity index (χ3n) is 3.70. The molecule has 0 bridgehead atoms. The van der Waals surface area contributed by atoms with Crippen molar-refractivity contribution < 1.29 is 18.7 Å². The van der Waals surface area contributed by atoms with Gasteiger partial charge >= 0.3 is 0 Å².